The number of benzene rings is 2. The third kappa shape index (κ3) is 7.33. The summed E-state index contributed by atoms with van der Waals surface area (Å²) in [6.45, 7) is 12.7. The average molecular weight is 453 g/mol. The molecule has 0 bridgehead atoms. The van der Waals surface area contributed by atoms with Crippen molar-refractivity contribution < 1.29 is 4.79 Å². The van der Waals surface area contributed by atoms with Crippen molar-refractivity contribution >= 4 is 5.78 Å². The number of aryl methyl sites for hydroxylation is 2. The highest BCUT2D eigenvalue weighted by atomic mass is 16.1. The fourth-order valence-corrected chi connectivity index (χ4v) is 4.85. The second kappa shape index (κ2) is 12.6. The molecule has 1 fully saturated rings. The fourth-order valence-electron chi connectivity index (χ4n) is 4.85. The minimum Gasteiger partial charge on any atom is -0.294 e. The van der Waals surface area contributed by atoms with Crippen LogP contribution in [-0.2, 0) is 19.3 Å². The predicted octanol–water partition coefficient (Wildman–Crippen LogP) is 8.23. The van der Waals surface area contributed by atoms with E-state index in [0.29, 0.717) is 6.42 Å². The molecule has 0 radical (unpaired) electrons. The maximum Gasteiger partial charge on any atom is 0.167 e. The molecule has 1 heteroatoms. The Morgan fingerprint density at radius 3 is 2.56 bits per heavy atom. The van der Waals surface area contributed by atoms with Crippen molar-refractivity contribution in [3.63, 3.8) is 0 Å². The van der Waals surface area contributed by atoms with Crippen molar-refractivity contribution in [3.05, 3.63) is 94.1 Å². The number of carbonyl (C=O) groups is 1. The Balaban J connectivity index is 1.70. The average Bonchev–Trinajstić information content (AvgIpc) is 2.84. The lowest BCUT2D eigenvalue weighted by Crippen LogP contribution is -2.15. The summed E-state index contributed by atoms with van der Waals surface area (Å²) in [6, 6.07) is 12.6. The third-order valence-corrected chi connectivity index (χ3v) is 7.19. The van der Waals surface area contributed by atoms with Gasteiger partial charge in [0.05, 0.1) is 0 Å². The fraction of sp³-hybridized carbons (Fsp3) is 0.424. The summed E-state index contributed by atoms with van der Waals surface area (Å²) in [4.78, 5) is 13.1. The van der Waals surface area contributed by atoms with Crippen LogP contribution >= 0.6 is 0 Å². The topological polar surface area (TPSA) is 17.1 Å². The Morgan fingerprint density at radius 1 is 1.09 bits per heavy atom. The largest absolute Gasteiger partial charge is 0.294 e. The Bertz CT molecular complexity index is 1100. The molecule has 0 spiro atoms. The van der Waals surface area contributed by atoms with Gasteiger partial charge < -0.3 is 0 Å². The van der Waals surface area contributed by atoms with E-state index in [1.807, 2.05) is 38.1 Å². The molecule has 0 unspecified atom stereocenters. The van der Waals surface area contributed by atoms with E-state index in [1.54, 1.807) is 0 Å². The van der Waals surface area contributed by atoms with Gasteiger partial charge in [0.1, 0.15) is 0 Å². The molecule has 0 saturated heterocycles. The van der Waals surface area contributed by atoms with Gasteiger partial charge in [0, 0.05) is 17.5 Å². The molecule has 1 saturated carbocycles. The SMILES string of the molecule is C=C(C#Cc1cc(C(=O)Cc2ccc(CC3CCC(C)CC3)c(CC)c2)ccc1C)C/C=C\C. The lowest BCUT2D eigenvalue weighted by atomic mass is 9.79. The summed E-state index contributed by atoms with van der Waals surface area (Å²) in [7, 11) is 0. The minimum atomic E-state index is 0.145. The molecule has 0 N–H and O–H groups in total. The second-order valence-electron chi connectivity index (χ2n) is 10.0. The molecule has 34 heavy (non-hydrogen) atoms. The van der Waals surface area contributed by atoms with E-state index in [2.05, 4.69) is 56.5 Å². The van der Waals surface area contributed by atoms with Crippen molar-refractivity contribution in [2.45, 2.75) is 79.1 Å². The number of Topliss-reactive ketones (excluding diaryl/α,β-unsaturated/α-hetero) is 1. The van der Waals surface area contributed by atoms with Crippen LogP contribution in [0.5, 0.6) is 0 Å². The van der Waals surface area contributed by atoms with Crippen LogP contribution in [0.15, 0.2) is 60.7 Å². The highest BCUT2D eigenvalue weighted by molar-refractivity contribution is 5.98. The molecule has 3 rings (SSSR count). The van der Waals surface area contributed by atoms with Crippen LogP contribution in [0.1, 0.15) is 91.1 Å². The zero-order chi connectivity index (χ0) is 24.5. The number of rotatable bonds is 8. The number of allylic oxidation sites excluding steroid dienone is 3. The summed E-state index contributed by atoms with van der Waals surface area (Å²) in [5, 5.41) is 0. The van der Waals surface area contributed by atoms with Crippen LogP contribution in [0.4, 0.5) is 0 Å². The third-order valence-electron chi connectivity index (χ3n) is 7.19. The molecule has 2 aromatic rings. The van der Waals surface area contributed by atoms with Gasteiger partial charge in [-0.3, -0.25) is 4.79 Å². The van der Waals surface area contributed by atoms with Crippen molar-refractivity contribution in [1.29, 1.82) is 0 Å². The maximum absolute atomic E-state index is 13.1. The Kier molecular flexibility index (Phi) is 9.52. The van der Waals surface area contributed by atoms with Crippen molar-refractivity contribution in [3.8, 4) is 11.8 Å². The smallest absolute Gasteiger partial charge is 0.167 e. The number of hydrogen-bond acceptors (Lipinski definition) is 1. The van der Waals surface area contributed by atoms with Gasteiger partial charge in [-0.25, -0.2) is 0 Å². The van der Waals surface area contributed by atoms with Crippen LogP contribution < -0.4 is 0 Å². The molecule has 2 aromatic carbocycles. The molecule has 178 valence electrons. The molecule has 0 amide bonds. The number of hydrogen-bond donors (Lipinski definition) is 0. The van der Waals surface area contributed by atoms with Crippen LogP contribution in [0.3, 0.4) is 0 Å². The van der Waals surface area contributed by atoms with Gasteiger partial charge in [-0.1, -0.05) is 87.6 Å². The number of ketones is 1. The first-order valence-corrected chi connectivity index (χ1v) is 12.9. The van der Waals surface area contributed by atoms with Gasteiger partial charge in [0.2, 0.25) is 0 Å². The quantitative estimate of drug-likeness (QED) is 0.224. The molecular formula is C33H40O. The van der Waals surface area contributed by atoms with Gasteiger partial charge in [0.15, 0.2) is 5.78 Å². The van der Waals surface area contributed by atoms with Crippen molar-refractivity contribution in [2.24, 2.45) is 11.8 Å². The van der Waals surface area contributed by atoms with Crippen LogP contribution in [0.25, 0.3) is 0 Å². The molecular weight excluding hydrogens is 412 g/mol. The van der Waals surface area contributed by atoms with Crippen LogP contribution in [0, 0.1) is 30.6 Å². The zero-order valence-electron chi connectivity index (χ0n) is 21.5. The Morgan fingerprint density at radius 2 is 1.85 bits per heavy atom. The summed E-state index contributed by atoms with van der Waals surface area (Å²) < 4.78 is 0. The normalized spacial score (nSPS) is 17.9. The lowest BCUT2D eigenvalue weighted by molar-refractivity contribution is 0.0993. The van der Waals surface area contributed by atoms with Crippen molar-refractivity contribution in [1.82, 2.24) is 0 Å². The lowest BCUT2D eigenvalue weighted by Gasteiger charge is -2.27. The molecule has 1 nitrogen and oxygen atoms in total. The Hall–Kier alpha value is -2.85. The monoisotopic (exact) mass is 452 g/mol. The van der Waals surface area contributed by atoms with Gasteiger partial charge >= 0.3 is 0 Å². The van der Waals surface area contributed by atoms with E-state index in [9.17, 15) is 4.79 Å². The van der Waals surface area contributed by atoms with E-state index in [1.165, 1.54) is 43.2 Å². The van der Waals surface area contributed by atoms with E-state index in [-0.39, 0.29) is 5.78 Å². The molecule has 1 aliphatic rings. The molecule has 0 aliphatic heterocycles. The second-order valence-corrected chi connectivity index (χ2v) is 10.0. The number of carbonyl (C=O) groups excluding carboxylic acids is 1. The van der Waals surface area contributed by atoms with Crippen LogP contribution in [-0.4, -0.2) is 5.78 Å². The summed E-state index contributed by atoms with van der Waals surface area (Å²) in [6.07, 6.45) is 12.9. The summed E-state index contributed by atoms with van der Waals surface area (Å²) in [5.74, 6) is 8.20. The van der Waals surface area contributed by atoms with E-state index < -0.39 is 0 Å². The van der Waals surface area contributed by atoms with Crippen molar-refractivity contribution in [2.75, 3.05) is 0 Å². The van der Waals surface area contributed by atoms with Crippen LogP contribution in [0.2, 0.25) is 0 Å². The summed E-state index contributed by atoms with van der Waals surface area (Å²) >= 11 is 0. The first-order valence-electron chi connectivity index (χ1n) is 12.9. The van der Waals surface area contributed by atoms with Gasteiger partial charge in [-0.15, -0.1) is 0 Å². The first-order chi connectivity index (χ1) is 16.4. The highest BCUT2D eigenvalue weighted by Crippen LogP contribution is 2.31. The predicted molar refractivity (Wildman–Crippen MR) is 145 cm³/mol. The standard InChI is InChI=1S/C33H40O/c1-6-8-9-24(3)12-17-30-23-32(18-13-26(30)5)33(34)22-28-16-19-31(29(7-2)21-28)20-27-14-10-25(4)11-15-27/h6,8,13,16,18-19,21,23,25,27H,3,7,9-11,14-15,20,22H2,1-2,4-5H3/b8-6-. The minimum absolute atomic E-state index is 0.145. The first kappa shape index (κ1) is 25.8. The maximum atomic E-state index is 13.1. The molecule has 0 aromatic heterocycles. The Labute approximate surface area is 207 Å². The molecule has 0 heterocycles. The van der Waals surface area contributed by atoms with Gasteiger partial charge in [-0.2, -0.15) is 0 Å². The summed E-state index contributed by atoms with van der Waals surface area (Å²) in [5.41, 5.74) is 7.58. The molecule has 1 aliphatic carbocycles. The van der Waals surface area contributed by atoms with E-state index >= 15 is 0 Å². The molecule has 0 atom stereocenters. The van der Waals surface area contributed by atoms with Gasteiger partial charge in [0.25, 0.3) is 0 Å². The highest BCUT2D eigenvalue weighted by Gasteiger charge is 2.19. The van der Waals surface area contributed by atoms with E-state index in [4.69, 9.17) is 0 Å². The zero-order valence-corrected chi connectivity index (χ0v) is 21.5. The van der Waals surface area contributed by atoms with Gasteiger partial charge in [-0.05, 0) is 91.7 Å². The van der Waals surface area contributed by atoms with E-state index in [0.717, 1.165) is 52.5 Å².